The van der Waals surface area contributed by atoms with E-state index in [-0.39, 0.29) is 17.4 Å². The van der Waals surface area contributed by atoms with Crippen LogP contribution >= 0.6 is 11.8 Å². The fraction of sp³-hybridized carbons (Fsp3) is 0.706. The lowest BCUT2D eigenvalue weighted by molar-refractivity contribution is -0.385. The van der Waals surface area contributed by atoms with Gasteiger partial charge in [0.1, 0.15) is 18.8 Å². The lowest BCUT2D eigenvalue weighted by Gasteiger charge is -2.24. The minimum Gasteiger partial charge on any atom is -0.480 e. The van der Waals surface area contributed by atoms with Crippen molar-refractivity contribution in [3.63, 3.8) is 0 Å². The Labute approximate surface area is 175 Å². The van der Waals surface area contributed by atoms with Crippen molar-refractivity contribution in [1.29, 1.82) is 0 Å². The summed E-state index contributed by atoms with van der Waals surface area (Å²) in [5.74, 6) is -1.54. The van der Waals surface area contributed by atoms with Crippen LogP contribution in [0.2, 0.25) is 0 Å². The molecule has 0 bridgehead atoms. The molecule has 13 heteroatoms. The molecule has 0 radical (unpaired) electrons. The largest absolute Gasteiger partial charge is 0.480 e. The quantitative estimate of drug-likeness (QED) is 0.218. The Balaban J connectivity index is 1.88. The molecule has 1 aromatic heterocycles. The van der Waals surface area contributed by atoms with Crippen LogP contribution in [0.1, 0.15) is 33.6 Å². The van der Waals surface area contributed by atoms with Crippen molar-refractivity contribution in [1.82, 2.24) is 9.97 Å². The van der Waals surface area contributed by atoms with Crippen LogP contribution in [0.25, 0.3) is 0 Å². The van der Waals surface area contributed by atoms with E-state index in [1.807, 2.05) is 6.92 Å². The molecule has 0 amide bonds. The molecule has 12 nitrogen and oxygen atoms in total. The molecule has 166 valence electrons. The van der Waals surface area contributed by atoms with Crippen LogP contribution in [0.4, 0.5) is 11.5 Å². The molecule has 2 heterocycles. The number of carboxylic acid groups (broad SMARTS) is 1. The first kappa shape index (κ1) is 22.5. The molecule has 3 rings (SSSR count). The number of carbonyl (C=O) groups is 1. The molecule has 0 aromatic carbocycles. The zero-order valence-corrected chi connectivity index (χ0v) is 17.6. The summed E-state index contributed by atoms with van der Waals surface area (Å²) in [6.07, 6.45) is -0.621. The maximum atomic E-state index is 12.3. The third-order valence-corrected chi connectivity index (χ3v) is 5.73. The molecule has 2 aliphatic rings. The van der Waals surface area contributed by atoms with Gasteiger partial charge in [0.05, 0.1) is 17.1 Å². The van der Waals surface area contributed by atoms with Gasteiger partial charge >= 0.3 is 17.2 Å². The SMILES string of the molecule is CCCSc1nc(N[C@@H]2C[C@H](OCC(=O)O)[C@H]3OC(C)(C)O[C@H]32)c([N+](=O)[O-])c(=O)[nH]1. The third kappa shape index (κ3) is 4.91. The Hall–Kier alpha value is -2.22. The standard InChI is InChI=1S/C17H24N4O8S/c1-4-5-30-16-19-14(11(21(25)26)15(24)20-16)18-8-6-9(27-7-10(22)23)13-12(8)28-17(2,3)29-13/h8-9,12-13H,4-7H2,1-3H3,(H,22,23)(H2,18,19,20,24)/t8-,9+,12+,13-/m1/s1. The second-order valence-electron chi connectivity index (χ2n) is 7.47. The van der Waals surface area contributed by atoms with Crippen molar-refractivity contribution >= 4 is 29.2 Å². The number of carboxylic acids is 1. The summed E-state index contributed by atoms with van der Waals surface area (Å²) in [5, 5.41) is 23.6. The number of fused-ring (bicyclic) bond motifs is 1. The predicted molar refractivity (Wildman–Crippen MR) is 106 cm³/mol. The maximum absolute atomic E-state index is 12.3. The number of hydrogen-bond acceptors (Lipinski definition) is 10. The molecule has 1 saturated carbocycles. The van der Waals surface area contributed by atoms with Crippen molar-refractivity contribution in [3.05, 3.63) is 20.5 Å². The van der Waals surface area contributed by atoms with E-state index >= 15 is 0 Å². The van der Waals surface area contributed by atoms with E-state index in [1.54, 1.807) is 13.8 Å². The molecular formula is C17H24N4O8S. The van der Waals surface area contributed by atoms with Gasteiger partial charge in [-0.2, -0.15) is 4.98 Å². The third-order valence-electron chi connectivity index (χ3n) is 4.65. The van der Waals surface area contributed by atoms with Gasteiger partial charge in [-0.15, -0.1) is 0 Å². The summed E-state index contributed by atoms with van der Waals surface area (Å²) in [7, 11) is 0. The molecule has 30 heavy (non-hydrogen) atoms. The number of aliphatic carboxylic acids is 1. The number of thioether (sulfide) groups is 1. The highest BCUT2D eigenvalue weighted by molar-refractivity contribution is 7.99. The normalized spacial score (nSPS) is 27.0. The van der Waals surface area contributed by atoms with Gasteiger partial charge in [-0.3, -0.25) is 19.9 Å². The van der Waals surface area contributed by atoms with Crippen LogP contribution in [-0.4, -0.2) is 68.5 Å². The van der Waals surface area contributed by atoms with Crippen LogP contribution in [0.5, 0.6) is 0 Å². The van der Waals surface area contributed by atoms with E-state index in [2.05, 4.69) is 15.3 Å². The number of nitrogens with one attached hydrogen (secondary N) is 2. The Morgan fingerprint density at radius 3 is 2.80 bits per heavy atom. The molecule has 1 saturated heterocycles. The van der Waals surface area contributed by atoms with Crippen molar-refractivity contribution in [2.24, 2.45) is 0 Å². The van der Waals surface area contributed by atoms with E-state index in [0.717, 1.165) is 6.42 Å². The van der Waals surface area contributed by atoms with Gasteiger partial charge in [0.25, 0.3) is 0 Å². The first-order valence-corrected chi connectivity index (χ1v) is 10.5. The van der Waals surface area contributed by atoms with E-state index in [0.29, 0.717) is 5.75 Å². The van der Waals surface area contributed by atoms with Gasteiger partial charge in [0.2, 0.25) is 5.82 Å². The Morgan fingerprint density at radius 2 is 2.17 bits per heavy atom. The number of aromatic amines is 1. The van der Waals surface area contributed by atoms with Crippen molar-refractivity contribution in [2.45, 2.75) is 68.9 Å². The second-order valence-corrected chi connectivity index (χ2v) is 8.55. The highest BCUT2D eigenvalue weighted by Gasteiger charge is 2.55. The van der Waals surface area contributed by atoms with E-state index in [9.17, 15) is 19.7 Å². The first-order valence-electron chi connectivity index (χ1n) is 9.48. The fourth-order valence-electron chi connectivity index (χ4n) is 3.58. The van der Waals surface area contributed by atoms with E-state index in [4.69, 9.17) is 19.3 Å². The number of nitro groups is 1. The number of nitrogens with zero attached hydrogens (tertiary/aromatic N) is 2. The Bertz CT molecular complexity index is 876. The zero-order chi connectivity index (χ0) is 22.1. The van der Waals surface area contributed by atoms with Crippen molar-refractivity contribution < 1.29 is 29.0 Å². The lowest BCUT2D eigenvalue weighted by atomic mass is 10.2. The van der Waals surface area contributed by atoms with Gasteiger partial charge in [0, 0.05) is 5.75 Å². The topological polar surface area (TPSA) is 166 Å². The van der Waals surface area contributed by atoms with Gasteiger partial charge in [-0.1, -0.05) is 18.7 Å². The summed E-state index contributed by atoms with van der Waals surface area (Å²) in [5.41, 5.74) is -1.55. The van der Waals surface area contributed by atoms with Crippen molar-refractivity contribution in [2.75, 3.05) is 17.7 Å². The average molecular weight is 444 g/mol. The minimum atomic E-state index is -1.12. The van der Waals surface area contributed by atoms with Crippen LogP contribution in [0, 0.1) is 10.1 Å². The molecule has 3 N–H and O–H groups in total. The van der Waals surface area contributed by atoms with Crippen LogP contribution in [0.3, 0.4) is 0 Å². The number of rotatable bonds is 9. The average Bonchev–Trinajstić information content (AvgIpc) is 3.11. The van der Waals surface area contributed by atoms with Crippen molar-refractivity contribution in [3.8, 4) is 0 Å². The van der Waals surface area contributed by atoms with E-state index < -0.39 is 58.9 Å². The summed E-state index contributed by atoms with van der Waals surface area (Å²) >= 11 is 1.28. The minimum absolute atomic E-state index is 0.168. The molecular weight excluding hydrogens is 420 g/mol. The molecule has 0 unspecified atom stereocenters. The lowest BCUT2D eigenvalue weighted by Crippen LogP contribution is -2.35. The Kier molecular flexibility index (Phi) is 6.65. The first-order chi connectivity index (χ1) is 14.1. The fourth-order valence-corrected chi connectivity index (χ4v) is 4.29. The molecule has 1 aliphatic carbocycles. The van der Waals surface area contributed by atoms with Crippen LogP contribution in [-0.2, 0) is 19.0 Å². The summed E-state index contributed by atoms with van der Waals surface area (Å²) < 4.78 is 17.2. The summed E-state index contributed by atoms with van der Waals surface area (Å²) in [6.45, 7) is 4.88. The van der Waals surface area contributed by atoms with Crippen LogP contribution < -0.4 is 10.9 Å². The molecule has 0 spiro atoms. The van der Waals surface area contributed by atoms with Gasteiger partial charge in [0.15, 0.2) is 10.9 Å². The smallest absolute Gasteiger partial charge is 0.375 e. The highest BCUT2D eigenvalue weighted by atomic mass is 32.2. The number of H-pyrrole nitrogens is 1. The molecule has 1 aromatic rings. The monoisotopic (exact) mass is 444 g/mol. The summed E-state index contributed by atoms with van der Waals surface area (Å²) in [6, 6.07) is -0.535. The number of anilines is 1. The number of hydrogen-bond donors (Lipinski definition) is 3. The molecule has 2 fully saturated rings. The number of ether oxygens (including phenoxy) is 3. The Morgan fingerprint density at radius 1 is 1.47 bits per heavy atom. The van der Waals surface area contributed by atoms with Gasteiger partial charge in [-0.05, 0) is 26.7 Å². The van der Waals surface area contributed by atoms with Gasteiger partial charge in [-0.25, -0.2) is 4.79 Å². The molecule has 4 atom stereocenters. The molecule has 1 aliphatic heterocycles. The number of aromatic nitrogens is 2. The summed E-state index contributed by atoms with van der Waals surface area (Å²) in [4.78, 5) is 40.5. The van der Waals surface area contributed by atoms with Crippen LogP contribution in [0.15, 0.2) is 9.95 Å². The van der Waals surface area contributed by atoms with Gasteiger partial charge < -0.3 is 24.6 Å². The second kappa shape index (κ2) is 8.88. The van der Waals surface area contributed by atoms with E-state index in [1.165, 1.54) is 11.8 Å². The maximum Gasteiger partial charge on any atom is 0.375 e. The highest BCUT2D eigenvalue weighted by Crippen LogP contribution is 2.41. The zero-order valence-electron chi connectivity index (χ0n) is 16.7. The predicted octanol–water partition coefficient (Wildman–Crippen LogP) is 1.35.